The average molecular weight is 446 g/mol. The molecule has 1 saturated carbocycles. The quantitative estimate of drug-likeness (QED) is 0.425. The topological polar surface area (TPSA) is 83.2 Å². The lowest BCUT2D eigenvalue weighted by molar-refractivity contribution is 0.408. The Hall–Kier alpha value is -3.81. The zero-order chi connectivity index (χ0) is 22.8. The van der Waals surface area contributed by atoms with Crippen molar-refractivity contribution in [1.29, 1.82) is 0 Å². The molecule has 33 heavy (non-hydrogen) atoms. The Morgan fingerprint density at radius 1 is 1.06 bits per heavy atom. The maximum Gasteiger partial charge on any atom is 0.330 e. The minimum Gasteiger partial charge on any atom is -0.497 e. The third-order valence-corrected chi connectivity index (χ3v) is 5.94. The van der Waals surface area contributed by atoms with E-state index in [0.717, 1.165) is 41.0 Å². The number of fused-ring (bicyclic) bond motifs is 1. The van der Waals surface area contributed by atoms with E-state index in [4.69, 9.17) is 14.5 Å². The SMILES string of the molecule is COc1cccc(Cn2c(=O)n(CCc3ccccc3OC)c3cnc(NC4CC4)nc32)c1. The predicted molar refractivity (Wildman–Crippen MR) is 127 cm³/mol. The molecule has 8 heteroatoms. The lowest BCUT2D eigenvalue weighted by atomic mass is 10.1. The standard InChI is InChI=1S/C25H27N5O3/c1-32-20-8-5-6-17(14-20)16-30-23-21(15-26-24(28-23)27-19-10-11-19)29(25(30)31)13-12-18-7-3-4-9-22(18)33-2/h3-9,14-15,19H,10-13,16H2,1-2H3,(H,26,27,28). The number of hydrogen-bond donors (Lipinski definition) is 1. The molecule has 170 valence electrons. The van der Waals surface area contributed by atoms with Gasteiger partial charge in [0.2, 0.25) is 5.95 Å². The van der Waals surface area contributed by atoms with Crippen LogP contribution in [0.1, 0.15) is 24.0 Å². The number of aromatic nitrogens is 4. The van der Waals surface area contributed by atoms with Crippen LogP contribution in [-0.4, -0.2) is 39.4 Å². The number of hydrogen-bond acceptors (Lipinski definition) is 6. The fourth-order valence-electron chi connectivity index (χ4n) is 4.03. The fourth-order valence-corrected chi connectivity index (χ4v) is 4.03. The lowest BCUT2D eigenvalue weighted by Gasteiger charge is -2.08. The molecule has 1 N–H and O–H groups in total. The van der Waals surface area contributed by atoms with Crippen LogP contribution in [0.25, 0.3) is 11.2 Å². The van der Waals surface area contributed by atoms with Gasteiger partial charge in [0.25, 0.3) is 0 Å². The molecule has 2 heterocycles. The van der Waals surface area contributed by atoms with Gasteiger partial charge in [-0.1, -0.05) is 30.3 Å². The van der Waals surface area contributed by atoms with Gasteiger partial charge in [-0.3, -0.25) is 9.13 Å². The van der Waals surface area contributed by atoms with Crippen LogP contribution in [-0.2, 0) is 19.5 Å². The van der Waals surface area contributed by atoms with Gasteiger partial charge in [0.1, 0.15) is 17.0 Å². The van der Waals surface area contributed by atoms with Gasteiger partial charge in [0.05, 0.1) is 27.0 Å². The van der Waals surface area contributed by atoms with Crippen LogP contribution in [0, 0.1) is 0 Å². The molecule has 0 spiro atoms. The second-order valence-electron chi connectivity index (χ2n) is 8.25. The van der Waals surface area contributed by atoms with Crippen LogP contribution in [0.3, 0.4) is 0 Å². The molecule has 2 aromatic heterocycles. The number of para-hydroxylation sites is 1. The number of imidazole rings is 1. The van der Waals surface area contributed by atoms with E-state index < -0.39 is 0 Å². The summed E-state index contributed by atoms with van der Waals surface area (Å²) in [5.74, 6) is 2.13. The fraction of sp³-hybridized carbons (Fsp3) is 0.320. The molecule has 8 nitrogen and oxygen atoms in total. The Morgan fingerprint density at radius 3 is 2.70 bits per heavy atom. The molecule has 0 amide bonds. The first-order chi connectivity index (χ1) is 16.2. The molecule has 1 fully saturated rings. The van der Waals surface area contributed by atoms with E-state index in [1.54, 1.807) is 29.6 Å². The number of rotatable bonds is 9. The summed E-state index contributed by atoms with van der Waals surface area (Å²) in [5.41, 5.74) is 3.25. The molecule has 0 aliphatic heterocycles. The highest BCUT2D eigenvalue weighted by atomic mass is 16.5. The number of nitrogens with zero attached hydrogens (tertiary/aromatic N) is 4. The number of methoxy groups -OCH3 is 2. The van der Waals surface area contributed by atoms with Crippen molar-refractivity contribution in [2.24, 2.45) is 0 Å². The Morgan fingerprint density at radius 2 is 1.91 bits per heavy atom. The van der Waals surface area contributed by atoms with E-state index in [9.17, 15) is 4.79 Å². The Bertz CT molecular complexity index is 1340. The molecule has 0 radical (unpaired) electrons. The van der Waals surface area contributed by atoms with Crippen molar-refractivity contribution in [3.05, 3.63) is 76.3 Å². The normalized spacial score (nSPS) is 13.3. The summed E-state index contributed by atoms with van der Waals surface area (Å²) in [5, 5.41) is 3.34. The molecule has 0 unspecified atom stereocenters. The maximum absolute atomic E-state index is 13.5. The Kier molecular flexibility index (Phi) is 5.73. The summed E-state index contributed by atoms with van der Waals surface area (Å²) in [6.45, 7) is 0.896. The van der Waals surface area contributed by atoms with Crippen LogP contribution in [0.15, 0.2) is 59.5 Å². The van der Waals surface area contributed by atoms with Crippen LogP contribution in [0.4, 0.5) is 5.95 Å². The first kappa shape index (κ1) is 21.1. The lowest BCUT2D eigenvalue weighted by Crippen LogP contribution is -2.25. The van der Waals surface area contributed by atoms with Crippen LogP contribution < -0.4 is 20.5 Å². The Balaban J connectivity index is 1.53. The van der Waals surface area contributed by atoms with Crippen LogP contribution in [0.2, 0.25) is 0 Å². The van der Waals surface area contributed by atoms with Crippen LogP contribution >= 0.6 is 0 Å². The smallest absolute Gasteiger partial charge is 0.330 e. The molecule has 1 aliphatic carbocycles. The monoisotopic (exact) mass is 445 g/mol. The number of anilines is 1. The molecule has 2 aromatic carbocycles. The molecule has 4 aromatic rings. The number of nitrogens with one attached hydrogen (secondary N) is 1. The summed E-state index contributed by atoms with van der Waals surface area (Å²) < 4.78 is 14.3. The highest BCUT2D eigenvalue weighted by Gasteiger charge is 2.23. The van der Waals surface area contributed by atoms with Crippen molar-refractivity contribution < 1.29 is 9.47 Å². The van der Waals surface area contributed by atoms with Crippen molar-refractivity contribution in [2.75, 3.05) is 19.5 Å². The van der Waals surface area contributed by atoms with E-state index >= 15 is 0 Å². The predicted octanol–water partition coefficient (Wildman–Crippen LogP) is 3.48. The summed E-state index contributed by atoms with van der Waals surface area (Å²) in [7, 11) is 3.30. The van der Waals surface area contributed by atoms with Gasteiger partial charge >= 0.3 is 5.69 Å². The van der Waals surface area contributed by atoms with Gasteiger partial charge in [-0.2, -0.15) is 4.98 Å². The summed E-state index contributed by atoms with van der Waals surface area (Å²) in [6.07, 6.45) is 4.65. The summed E-state index contributed by atoms with van der Waals surface area (Å²) in [6, 6.07) is 16.0. The van der Waals surface area contributed by atoms with E-state index in [0.29, 0.717) is 37.1 Å². The highest BCUT2D eigenvalue weighted by Crippen LogP contribution is 2.24. The van der Waals surface area contributed by atoms with Gasteiger partial charge in [0.15, 0.2) is 5.65 Å². The maximum atomic E-state index is 13.5. The molecule has 0 bridgehead atoms. The van der Waals surface area contributed by atoms with Crippen molar-refractivity contribution in [1.82, 2.24) is 19.1 Å². The van der Waals surface area contributed by atoms with Gasteiger partial charge in [-0.05, 0) is 48.6 Å². The van der Waals surface area contributed by atoms with Crippen molar-refractivity contribution in [3.63, 3.8) is 0 Å². The van der Waals surface area contributed by atoms with Crippen molar-refractivity contribution in [2.45, 2.75) is 38.4 Å². The zero-order valence-corrected chi connectivity index (χ0v) is 18.8. The third kappa shape index (κ3) is 4.41. The number of aryl methyl sites for hydroxylation is 2. The van der Waals surface area contributed by atoms with Gasteiger partial charge < -0.3 is 14.8 Å². The van der Waals surface area contributed by atoms with Gasteiger partial charge in [0, 0.05) is 12.6 Å². The first-order valence-electron chi connectivity index (χ1n) is 11.1. The molecule has 0 atom stereocenters. The highest BCUT2D eigenvalue weighted by molar-refractivity contribution is 5.72. The summed E-state index contributed by atoms with van der Waals surface area (Å²) in [4.78, 5) is 22.8. The molecular formula is C25H27N5O3. The van der Waals surface area contributed by atoms with Gasteiger partial charge in [-0.25, -0.2) is 9.78 Å². The third-order valence-electron chi connectivity index (χ3n) is 5.94. The second kappa shape index (κ2) is 8.97. The van der Waals surface area contributed by atoms with Crippen LogP contribution in [0.5, 0.6) is 11.5 Å². The molecule has 1 aliphatic rings. The van der Waals surface area contributed by atoms with E-state index in [2.05, 4.69) is 10.3 Å². The van der Waals surface area contributed by atoms with Crippen molar-refractivity contribution >= 4 is 17.1 Å². The molecule has 5 rings (SSSR count). The van der Waals surface area contributed by atoms with Gasteiger partial charge in [-0.15, -0.1) is 0 Å². The average Bonchev–Trinajstić information content (AvgIpc) is 3.63. The number of ether oxygens (including phenoxy) is 2. The van der Waals surface area contributed by atoms with E-state index in [1.807, 2.05) is 48.5 Å². The Labute approximate surface area is 191 Å². The van der Waals surface area contributed by atoms with Crippen molar-refractivity contribution in [3.8, 4) is 11.5 Å². The number of benzene rings is 2. The minimum atomic E-state index is -0.111. The van der Waals surface area contributed by atoms with E-state index in [-0.39, 0.29) is 5.69 Å². The largest absolute Gasteiger partial charge is 0.497 e. The van der Waals surface area contributed by atoms with E-state index in [1.165, 1.54) is 0 Å². The summed E-state index contributed by atoms with van der Waals surface area (Å²) >= 11 is 0. The minimum absolute atomic E-state index is 0.111. The molecule has 0 saturated heterocycles. The first-order valence-corrected chi connectivity index (χ1v) is 11.1. The molecular weight excluding hydrogens is 418 g/mol. The second-order valence-corrected chi connectivity index (χ2v) is 8.25. The zero-order valence-electron chi connectivity index (χ0n) is 18.8.